The van der Waals surface area contributed by atoms with Gasteiger partial charge in [-0.2, -0.15) is 13.2 Å². The van der Waals surface area contributed by atoms with Crippen LogP contribution in [0.2, 0.25) is 0 Å². The second kappa shape index (κ2) is 6.59. The highest BCUT2D eigenvalue weighted by Gasteiger charge is 2.61. The van der Waals surface area contributed by atoms with Crippen molar-refractivity contribution in [3.05, 3.63) is 81.3 Å². The summed E-state index contributed by atoms with van der Waals surface area (Å²) < 4.78 is 43.0. The number of benzene rings is 1. The number of carbonyl (C=O) groups is 1. The molecule has 1 fully saturated rings. The van der Waals surface area contributed by atoms with Crippen LogP contribution in [0.1, 0.15) is 39.3 Å². The van der Waals surface area contributed by atoms with Crippen molar-refractivity contribution in [2.75, 3.05) is 13.1 Å². The van der Waals surface area contributed by atoms with Crippen molar-refractivity contribution in [3.8, 4) is 5.69 Å². The third-order valence-electron chi connectivity index (χ3n) is 7.39. The molecule has 0 unspecified atom stereocenters. The van der Waals surface area contributed by atoms with Crippen LogP contribution in [0, 0.1) is 12.8 Å². The smallest absolute Gasteiger partial charge is 0.335 e. The molecule has 3 aliphatic rings. The molecule has 0 saturated heterocycles. The molecule has 0 spiro atoms. The largest absolute Gasteiger partial charge is 0.416 e. The first-order valence-electron chi connectivity index (χ1n) is 10.9. The molecule has 2 aromatic heterocycles. The Morgan fingerprint density at radius 2 is 1.97 bits per heavy atom. The van der Waals surface area contributed by atoms with Crippen molar-refractivity contribution in [3.63, 3.8) is 0 Å². The van der Waals surface area contributed by atoms with Crippen LogP contribution in [0.25, 0.3) is 5.69 Å². The summed E-state index contributed by atoms with van der Waals surface area (Å²) in [7, 11) is 0. The molecule has 33 heavy (non-hydrogen) atoms. The Morgan fingerprint density at radius 3 is 2.70 bits per heavy atom. The van der Waals surface area contributed by atoms with E-state index in [0.717, 1.165) is 35.7 Å². The number of imidazole rings is 1. The Hall–Kier alpha value is -3.36. The molecule has 1 aromatic carbocycles. The van der Waals surface area contributed by atoms with Gasteiger partial charge in [0, 0.05) is 31.2 Å². The van der Waals surface area contributed by atoms with Crippen LogP contribution in [-0.2, 0) is 24.6 Å². The minimum absolute atomic E-state index is 0.257. The monoisotopic (exact) mass is 454 g/mol. The van der Waals surface area contributed by atoms with Gasteiger partial charge in [0.05, 0.1) is 17.6 Å². The maximum atomic E-state index is 13.3. The Labute approximate surface area is 187 Å². The van der Waals surface area contributed by atoms with E-state index in [-0.39, 0.29) is 17.4 Å². The molecule has 6 nitrogen and oxygen atoms in total. The molecular weight excluding hydrogens is 433 g/mol. The molecule has 1 saturated carbocycles. The summed E-state index contributed by atoms with van der Waals surface area (Å²) >= 11 is 0. The number of carbonyl (C=O) groups excluding carboxylic acids is 1. The molecule has 3 heterocycles. The number of rotatable bonds is 3. The van der Waals surface area contributed by atoms with Gasteiger partial charge in [0.15, 0.2) is 0 Å². The van der Waals surface area contributed by atoms with E-state index in [0.29, 0.717) is 31.0 Å². The number of amides is 1. The number of alkyl halides is 3. The van der Waals surface area contributed by atoms with Crippen LogP contribution in [0.3, 0.4) is 0 Å². The van der Waals surface area contributed by atoms with Gasteiger partial charge in [0.1, 0.15) is 11.4 Å². The van der Waals surface area contributed by atoms with Crippen molar-refractivity contribution < 1.29 is 18.0 Å². The molecule has 9 heteroatoms. The normalized spacial score (nSPS) is 23.3. The molecule has 2 atom stereocenters. The summed E-state index contributed by atoms with van der Waals surface area (Å²) in [5.74, 6) is 0.00641. The van der Waals surface area contributed by atoms with Gasteiger partial charge in [0.25, 0.3) is 11.5 Å². The van der Waals surface area contributed by atoms with E-state index in [1.165, 1.54) is 10.6 Å². The fraction of sp³-hybridized carbons (Fsp3) is 0.375. The maximum absolute atomic E-state index is 13.3. The number of nitrogens with zero attached hydrogens (tertiary/aromatic N) is 4. The summed E-state index contributed by atoms with van der Waals surface area (Å²) in [5.41, 5.74) is 1.86. The van der Waals surface area contributed by atoms with Crippen LogP contribution in [0.4, 0.5) is 13.2 Å². The van der Waals surface area contributed by atoms with E-state index in [4.69, 9.17) is 0 Å². The Morgan fingerprint density at radius 1 is 1.15 bits per heavy atom. The number of aryl methyl sites for hydroxylation is 1. The van der Waals surface area contributed by atoms with Gasteiger partial charge in [-0.25, -0.2) is 4.98 Å². The van der Waals surface area contributed by atoms with Gasteiger partial charge in [0.2, 0.25) is 0 Å². The average Bonchev–Trinajstić information content (AvgIpc) is 3.12. The molecular formula is C24H21F3N4O2. The molecule has 6 rings (SSSR count). The minimum atomic E-state index is -4.39. The predicted octanol–water partition coefficient (Wildman–Crippen LogP) is 3.33. The third kappa shape index (κ3) is 2.98. The van der Waals surface area contributed by atoms with E-state index in [2.05, 4.69) is 4.98 Å². The topological polar surface area (TPSA) is 60.1 Å². The zero-order valence-corrected chi connectivity index (χ0v) is 17.9. The second-order valence-electron chi connectivity index (χ2n) is 9.34. The SMILES string of the molecule is Cc1cn(-c2ccc3n(c2=O)CCN(C[C@@]24C[C@@H]2Cc2ccc(C(F)(F)F)cc24)C3=O)cn1. The summed E-state index contributed by atoms with van der Waals surface area (Å²) in [6, 6.07) is 7.26. The summed E-state index contributed by atoms with van der Waals surface area (Å²) in [4.78, 5) is 32.1. The molecule has 170 valence electrons. The summed E-state index contributed by atoms with van der Waals surface area (Å²) in [6.45, 7) is 2.90. The molecule has 0 bridgehead atoms. The number of pyridine rings is 1. The van der Waals surface area contributed by atoms with Gasteiger partial charge in [-0.1, -0.05) is 6.07 Å². The highest BCUT2D eigenvalue weighted by molar-refractivity contribution is 5.93. The minimum Gasteiger partial charge on any atom is -0.335 e. The molecule has 2 aliphatic carbocycles. The van der Waals surface area contributed by atoms with Crippen molar-refractivity contribution in [1.82, 2.24) is 19.0 Å². The lowest BCUT2D eigenvalue weighted by Crippen LogP contribution is -2.47. The number of hydrogen-bond donors (Lipinski definition) is 0. The maximum Gasteiger partial charge on any atom is 0.416 e. The Bertz CT molecular complexity index is 1370. The highest BCUT2D eigenvalue weighted by atomic mass is 19.4. The molecule has 0 N–H and O–H groups in total. The lowest BCUT2D eigenvalue weighted by Gasteiger charge is -2.33. The zero-order valence-electron chi connectivity index (χ0n) is 17.9. The van der Waals surface area contributed by atoms with Crippen molar-refractivity contribution in [2.45, 2.75) is 37.9 Å². The van der Waals surface area contributed by atoms with Crippen LogP contribution >= 0.6 is 0 Å². The number of aromatic nitrogens is 3. The van der Waals surface area contributed by atoms with Crippen LogP contribution < -0.4 is 5.56 Å². The average molecular weight is 454 g/mol. The van der Waals surface area contributed by atoms with Crippen molar-refractivity contribution in [2.24, 2.45) is 5.92 Å². The van der Waals surface area contributed by atoms with Gasteiger partial charge >= 0.3 is 6.18 Å². The quantitative estimate of drug-likeness (QED) is 0.610. The van der Waals surface area contributed by atoms with E-state index < -0.39 is 17.2 Å². The number of fused-ring (bicyclic) bond motifs is 4. The van der Waals surface area contributed by atoms with E-state index in [1.54, 1.807) is 40.2 Å². The van der Waals surface area contributed by atoms with E-state index in [9.17, 15) is 22.8 Å². The van der Waals surface area contributed by atoms with Crippen molar-refractivity contribution >= 4 is 5.91 Å². The third-order valence-corrected chi connectivity index (χ3v) is 7.39. The molecule has 3 aromatic rings. The first kappa shape index (κ1) is 20.3. The van der Waals surface area contributed by atoms with Gasteiger partial charge in [-0.05, 0) is 61.1 Å². The van der Waals surface area contributed by atoms with Crippen LogP contribution in [0.15, 0.2) is 47.7 Å². The van der Waals surface area contributed by atoms with Gasteiger partial charge < -0.3 is 14.0 Å². The first-order chi connectivity index (χ1) is 15.7. The standard InChI is InChI=1S/C24H21F3N4O2/c1-14-11-30(13-28-14)19-4-5-20-21(32)29(6-7-31(20)22(19)33)12-23-10-17(23)8-15-2-3-16(9-18(15)23)24(25,26)27/h2-5,9,11,13,17H,6-8,10,12H2,1H3/t17-,23-/m0/s1. The molecule has 0 radical (unpaired) electrons. The zero-order chi connectivity index (χ0) is 23.1. The Balaban J connectivity index is 1.30. The van der Waals surface area contributed by atoms with E-state index in [1.807, 2.05) is 6.92 Å². The molecule has 1 aliphatic heterocycles. The Kier molecular flexibility index (Phi) is 4.04. The molecule has 1 amide bonds. The lowest BCUT2D eigenvalue weighted by atomic mass is 9.92. The van der Waals surface area contributed by atoms with Gasteiger partial charge in [-0.3, -0.25) is 9.59 Å². The fourth-order valence-corrected chi connectivity index (χ4v) is 5.62. The number of halogens is 3. The van der Waals surface area contributed by atoms with E-state index >= 15 is 0 Å². The lowest BCUT2D eigenvalue weighted by molar-refractivity contribution is -0.137. The number of hydrogen-bond acceptors (Lipinski definition) is 3. The van der Waals surface area contributed by atoms with Crippen molar-refractivity contribution in [1.29, 1.82) is 0 Å². The second-order valence-corrected chi connectivity index (χ2v) is 9.34. The summed E-state index contributed by atoms with van der Waals surface area (Å²) in [6.07, 6.45) is 0.459. The fourth-order valence-electron chi connectivity index (χ4n) is 5.62. The highest BCUT2D eigenvalue weighted by Crippen LogP contribution is 2.62. The predicted molar refractivity (Wildman–Crippen MR) is 113 cm³/mol. The first-order valence-corrected chi connectivity index (χ1v) is 10.9. The summed E-state index contributed by atoms with van der Waals surface area (Å²) in [5, 5.41) is 0. The van der Waals surface area contributed by atoms with Crippen LogP contribution in [-0.4, -0.2) is 38.0 Å². The van der Waals surface area contributed by atoms with Crippen LogP contribution in [0.5, 0.6) is 0 Å². The van der Waals surface area contributed by atoms with Gasteiger partial charge in [-0.15, -0.1) is 0 Å².